The second-order valence-electron chi connectivity index (χ2n) is 6.06. The number of fused-ring (bicyclic) bond motifs is 1. The fourth-order valence-electron chi connectivity index (χ4n) is 2.74. The first kappa shape index (κ1) is 18.3. The van der Waals surface area contributed by atoms with Gasteiger partial charge >= 0.3 is 5.97 Å². The van der Waals surface area contributed by atoms with Gasteiger partial charge in [-0.25, -0.2) is 0 Å². The Morgan fingerprint density at radius 3 is 2.77 bits per heavy atom. The fourth-order valence-corrected chi connectivity index (χ4v) is 3.08. The third-order valence-corrected chi connectivity index (χ3v) is 4.55. The van der Waals surface area contributed by atoms with Crippen molar-refractivity contribution in [3.8, 4) is 5.75 Å². The summed E-state index contributed by atoms with van der Waals surface area (Å²) in [6.45, 7) is 6.34. The zero-order valence-corrected chi connectivity index (χ0v) is 16.3. The lowest BCUT2D eigenvalue weighted by Gasteiger charge is -2.13. The van der Waals surface area contributed by atoms with Gasteiger partial charge in [0.2, 0.25) is 0 Å². The van der Waals surface area contributed by atoms with E-state index in [0.29, 0.717) is 12.4 Å². The minimum absolute atomic E-state index is 0.164. The monoisotopic (exact) mass is 414 g/mol. The zero-order chi connectivity index (χ0) is 18.7. The molecular formula is C21H19BrO4. The van der Waals surface area contributed by atoms with Crippen LogP contribution in [0.2, 0.25) is 0 Å². The van der Waals surface area contributed by atoms with E-state index < -0.39 is 0 Å². The van der Waals surface area contributed by atoms with Crippen LogP contribution in [0.4, 0.5) is 0 Å². The molecule has 0 radical (unpaired) electrons. The second-order valence-corrected chi connectivity index (χ2v) is 6.97. The molecule has 0 aliphatic heterocycles. The predicted molar refractivity (Wildman–Crippen MR) is 105 cm³/mol. The van der Waals surface area contributed by atoms with E-state index in [1.807, 2.05) is 43.3 Å². The minimum Gasteiger partial charge on any atom is -0.489 e. The van der Waals surface area contributed by atoms with Gasteiger partial charge in [0.15, 0.2) is 0 Å². The van der Waals surface area contributed by atoms with E-state index in [0.717, 1.165) is 37.7 Å². The lowest BCUT2D eigenvalue weighted by atomic mass is 10.0. The van der Waals surface area contributed by atoms with Gasteiger partial charge in [-0.05, 0) is 48.4 Å². The van der Waals surface area contributed by atoms with Crippen LogP contribution in [0.5, 0.6) is 5.75 Å². The molecule has 0 saturated heterocycles. The van der Waals surface area contributed by atoms with Crippen molar-refractivity contribution < 1.29 is 18.7 Å². The molecule has 0 amide bonds. The van der Waals surface area contributed by atoms with Crippen molar-refractivity contribution in [2.45, 2.75) is 20.0 Å². The first-order valence-electron chi connectivity index (χ1n) is 8.12. The smallest absolute Gasteiger partial charge is 0.310 e. The van der Waals surface area contributed by atoms with Crippen LogP contribution in [0.25, 0.3) is 16.5 Å². The maximum Gasteiger partial charge on any atom is 0.310 e. The Bertz CT molecular complexity index is 971. The van der Waals surface area contributed by atoms with Crippen LogP contribution < -0.4 is 4.74 Å². The molecule has 0 aliphatic carbocycles. The molecule has 0 saturated carbocycles. The van der Waals surface area contributed by atoms with Crippen LogP contribution in [0.15, 0.2) is 58.1 Å². The molecular weight excluding hydrogens is 396 g/mol. The van der Waals surface area contributed by atoms with E-state index in [4.69, 9.17) is 13.9 Å². The largest absolute Gasteiger partial charge is 0.489 e. The number of carbonyl (C=O) groups is 1. The quantitative estimate of drug-likeness (QED) is 0.498. The molecule has 134 valence electrons. The minimum atomic E-state index is -0.304. The Balaban J connectivity index is 1.87. The summed E-state index contributed by atoms with van der Waals surface area (Å²) >= 11 is 3.44. The van der Waals surface area contributed by atoms with Crippen LogP contribution >= 0.6 is 15.9 Å². The number of carbonyl (C=O) groups excluding carboxylic acids is 1. The fraction of sp³-hybridized carbons (Fsp3) is 0.190. The number of allylic oxidation sites excluding steroid dienone is 1. The maximum atomic E-state index is 11.6. The van der Waals surface area contributed by atoms with Crippen molar-refractivity contribution in [2.24, 2.45) is 0 Å². The summed E-state index contributed by atoms with van der Waals surface area (Å²) in [4.78, 5) is 11.6. The van der Waals surface area contributed by atoms with Crippen molar-refractivity contribution in [1.29, 1.82) is 0 Å². The van der Waals surface area contributed by atoms with E-state index in [-0.39, 0.29) is 12.4 Å². The standard InChI is InChI=1S/C21H19BrO4/c1-13(2)18-9-14(8-16-6-7-25-21(16)18)12-26-19-11-17(22)5-4-15(19)10-20(23)24-3/h4-9,11H,1,10,12H2,2-3H3. The highest BCUT2D eigenvalue weighted by molar-refractivity contribution is 9.10. The molecule has 0 N–H and O–H groups in total. The van der Waals surface area contributed by atoms with Crippen molar-refractivity contribution in [2.75, 3.05) is 7.11 Å². The van der Waals surface area contributed by atoms with Gasteiger partial charge in [-0.2, -0.15) is 0 Å². The molecule has 26 heavy (non-hydrogen) atoms. The summed E-state index contributed by atoms with van der Waals surface area (Å²) in [5.74, 6) is 0.343. The number of rotatable bonds is 6. The average molecular weight is 415 g/mol. The molecule has 0 aliphatic rings. The number of benzene rings is 2. The summed E-state index contributed by atoms with van der Waals surface area (Å²) in [5.41, 5.74) is 4.51. The number of furan rings is 1. The van der Waals surface area contributed by atoms with E-state index in [2.05, 4.69) is 22.5 Å². The molecule has 0 spiro atoms. The van der Waals surface area contributed by atoms with Gasteiger partial charge in [-0.1, -0.05) is 28.6 Å². The Hall–Kier alpha value is -2.53. The Morgan fingerprint density at radius 1 is 1.23 bits per heavy atom. The molecule has 3 aromatic rings. The van der Waals surface area contributed by atoms with Gasteiger partial charge in [0, 0.05) is 21.0 Å². The molecule has 5 heteroatoms. The second kappa shape index (κ2) is 7.79. The van der Waals surface area contributed by atoms with Crippen molar-refractivity contribution >= 4 is 38.4 Å². The van der Waals surface area contributed by atoms with Crippen LogP contribution in [-0.4, -0.2) is 13.1 Å². The van der Waals surface area contributed by atoms with E-state index in [9.17, 15) is 4.79 Å². The summed E-state index contributed by atoms with van der Waals surface area (Å²) in [5, 5.41) is 1.01. The molecule has 0 atom stereocenters. The zero-order valence-electron chi connectivity index (χ0n) is 14.7. The maximum absolute atomic E-state index is 11.6. The normalized spacial score (nSPS) is 10.7. The molecule has 0 unspecified atom stereocenters. The molecule has 2 aromatic carbocycles. The highest BCUT2D eigenvalue weighted by atomic mass is 79.9. The highest BCUT2D eigenvalue weighted by Gasteiger charge is 2.12. The number of methoxy groups -OCH3 is 1. The Morgan fingerprint density at radius 2 is 2.04 bits per heavy atom. The molecule has 3 rings (SSSR count). The van der Waals surface area contributed by atoms with Crippen LogP contribution in [0.3, 0.4) is 0 Å². The van der Waals surface area contributed by atoms with Crippen molar-refractivity contribution in [3.63, 3.8) is 0 Å². The molecule has 0 bridgehead atoms. The molecule has 0 fully saturated rings. The van der Waals surface area contributed by atoms with Gasteiger partial charge in [0.1, 0.15) is 17.9 Å². The number of halogens is 1. The summed E-state index contributed by atoms with van der Waals surface area (Å²) in [6, 6.07) is 11.6. The summed E-state index contributed by atoms with van der Waals surface area (Å²) in [7, 11) is 1.38. The highest BCUT2D eigenvalue weighted by Crippen LogP contribution is 2.29. The number of ether oxygens (including phenoxy) is 2. The van der Waals surface area contributed by atoms with Crippen molar-refractivity contribution in [3.05, 3.63) is 70.4 Å². The Kier molecular flexibility index (Phi) is 5.47. The first-order valence-corrected chi connectivity index (χ1v) is 8.91. The van der Waals surface area contributed by atoms with Gasteiger partial charge in [0.25, 0.3) is 0 Å². The molecule has 4 nitrogen and oxygen atoms in total. The topological polar surface area (TPSA) is 48.7 Å². The van der Waals surface area contributed by atoms with Gasteiger partial charge in [-0.15, -0.1) is 0 Å². The van der Waals surface area contributed by atoms with Crippen LogP contribution in [0, 0.1) is 0 Å². The third kappa shape index (κ3) is 3.99. The SMILES string of the molecule is C=C(C)c1cc(COc2cc(Br)ccc2CC(=O)OC)cc2ccoc12. The van der Waals surface area contributed by atoms with E-state index in [1.54, 1.807) is 6.26 Å². The van der Waals surface area contributed by atoms with Gasteiger partial charge < -0.3 is 13.9 Å². The molecule has 1 aromatic heterocycles. The predicted octanol–water partition coefficient (Wildman–Crippen LogP) is 5.52. The number of hydrogen-bond donors (Lipinski definition) is 0. The molecule has 1 heterocycles. The van der Waals surface area contributed by atoms with Gasteiger partial charge in [-0.3, -0.25) is 4.79 Å². The summed E-state index contributed by atoms with van der Waals surface area (Å²) < 4.78 is 17.2. The lowest BCUT2D eigenvalue weighted by molar-refractivity contribution is -0.139. The van der Waals surface area contributed by atoms with E-state index in [1.165, 1.54) is 7.11 Å². The number of hydrogen-bond acceptors (Lipinski definition) is 4. The van der Waals surface area contributed by atoms with Crippen LogP contribution in [0.1, 0.15) is 23.6 Å². The van der Waals surface area contributed by atoms with E-state index >= 15 is 0 Å². The number of esters is 1. The van der Waals surface area contributed by atoms with Gasteiger partial charge in [0.05, 0.1) is 19.8 Å². The van der Waals surface area contributed by atoms with Crippen molar-refractivity contribution in [1.82, 2.24) is 0 Å². The summed E-state index contributed by atoms with van der Waals surface area (Å²) in [6.07, 6.45) is 1.83. The first-order chi connectivity index (χ1) is 12.5. The third-order valence-electron chi connectivity index (χ3n) is 4.06. The lowest BCUT2D eigenvalue weighted by Crippen LogP contribution is -2.07. The Labute approximate surface area is 160 Å². The average Bonchev–Trinajstić information content (AvgIpc) is 3.09. The van der Waals surface area contributed by atoms with Crippen LogP contribution in [-0.2, 0) is 22.6 Å².